The molecule has 0 aliphatic heterocycles. The monoisotopic (exact) mass is 1170 g/mol. The van der Waals surface area contributed by atoms with Crippen LogP contribution in [0.1, 0.15) is 92.6 Å². The Hall–Kier alpha value is -7.40. The van der Waals surface area contributed by atoms with Crippen molar-refractivity contribution in [3.8, 4) is 22.8 Å². The first-order valence-electron chi connectivity index (χ1n) is 26.3. The van der Waals surface area contributed by atoms with E-state index in [4.69, 9.17) is 34.5 Å². The number of aryl methyl sites for hydroxylation is 2. The maximum absolute atomic E-state index is 12.9. The molecule has 21 nitrogen and oxygen atoms in total. The average molecular weight is 1170 g/mol. The average Bonchev–Trinajstić information content (AvgIpc) is 4.12. The number of nitrogens with one attached hydrogen (secondary N) is 1. The Kier molecular flexibility index (Phi) is 29.7. The molecule has 6 rings (SSSR count). The van der Waals surface area contributed by atoms with Crippen LogP contribution in [0.4, 0.5) is 26.3 Å². The van der Waals surface area contributed by atoms with Gasteiger partial charge in [-0.1, -0.05) is 48.5 Å². The molecular weight excluding hydrogens is 1100 g/mol. The highest BCUT2D eigenvalue weighted by atomic mass is 19.4. The largest absolute Gasteiger partial charge is 0.481 e. The summed E-state index contributed by atoms with van der Waals surface area (Å²) in [7, 11) is 6.26. The third-order valence-electron chi connectivity index (χ3n) is 11.7. The zero-order valence-corrected chi connectivity index (χ0v) is 46.7. The summed E-state index contributed by atoms with van der Waals surface area (Å²) in [4.78, 5) is 49.3. The smallest absolute Gasteiger partial charge is 0.416 e. The molecule has 0 saturated heterocycles. The maximum Gasteiger partial charge on any atom is 0.416 e. The summed E-state index contributed by atoms with van der Waals surface area (Å²) in [6.45, 7) is 4.86. The van der Waals surface area contributed by atoms with E-state index in [1.165, 1.54) is 48.1 Å². The van der Waals surface area contributed by atoms with Gasteiger partial charge in [0.1, 0.15) is 0 Å². The summed E-state index contributed by atoms with van der Waals surface area (Å²) >= 11 is 0. The Bertz CT molecular complexity index is 2900. The quantitative estimate of drug-likeness (QED) is 0.0209. The molecule has 4 aromatic carbocycles. The molecule has 0 bridgehead atoms. The summed E-state index contributed by atoms with van der Waals surface area (Å²) in [5, 5.41) is 35.0. The third kappa shape index (κ3) is 25.7. The van der Waals surface area contributed by atoms with E-state index in [0.717, 1.165) is 35.4 Å². The Morgan fingerprint density at radius 3 is 1.31 bits per heavy atom. The first kappa shape index (κ1) is 68.1. The van der Waals surface area contributed by atoms with Crippen molar-refractivity contribution in [2.24, 2.45) is 19.8 Å². The Balaban J connectivity index is 0.000000322. The van der Waals surface area contributed by atoms with E-state index < -0.39 is 29.4 Å². The fraction of sp³-hybridized carbons (Fsp3) is 0.464. The number of nitrogens with two attached hydrogens (primary N) is 1. The number of hydrogen-bond donors (Lipinski definition) is 3. The molecule has 0 fully saturated rings. The van der Waals surface area contributed by atoms with Gasteiger partial charge in [0.05, 0.1) is 84.5 Å². The molecule has 2 aromatic heterocycles. The molecule has 27 heteroatoms. The SMILES string of the molecule is COCCC(=O)NCCOCCOCCCC(=O)c1ccc(Cc2ccc(C(F)(F)F)cc2)c(-c2nnn(C)n2)c1.COCCC(=O)O.Cn1nnc(-c2cc(C(=O)CCCOCCOCCN)ccc2Cc2ccc(C(F)(F)F)cc2)n1. The van der Waals surface area contributed by atoms with Crippen LogP contribution in [0.5, 0.6) is 0 Å². The second-order valence-corrected chi connectivity index (χ2v) is 18.2. The number of halogens is 6. The van der Waals surface area contributed by atoms with Gasteiger partial charge in [0.25, 0.3) is 0 Å². The van der Waals surface area contributed by atoms with Crippen molar-refractivity contribution >= 4 is 23.4 Å². The first-order valence-corrected chi connectivity index (χ1v) is 26.3. The zero-order valence-electron chi connectivity index (χ0n) is 46.7. The van der Waals surface area contributed by atoms with E-state index in [9.17, 15) is 45.5 Å². The van der Waals surface area contributed by atoms with Crippen LogP contribution in [0.25, 0.3) is 22.8 Å². The summed E-state index contributed by atoms with van der Waals surface area (Å²) in [6, 6.07) is 20.3. The van der Waals surface area contributed by atoms with Crippen molar-refractivity contribution in [1.29, 1.82) is 0 Å². The summed E-state index contributed by atoms with van der Waals surface area (Å²) < 4.78 is 108. The summed E-state index contributed by atoms with van der Waals surface area (Å²) in [5.41, 5.74) is 8.99. The molecule has 0 aliphatic rings. The number of hydrogen-bond acceptors (Lipinski definition) is 17. The highest BCUT2D eigenvalue weighted by Gasteiger charge is 2.31. The molecule has 0 unspecified atom stereocenters. The van der Waals surface area contributed by atoms with Crippen molar-refractivity contribution in [1.82, 2.24) is 45.7 Å². The molecule has 2 heterocycles. The fourth-order valence-electron chi connectivity index (χ4n) is 7.49. The molecule has 0 spiro atoms. The fourth-order valence-corrected chi connectivity index (χ4v) is 7.49. The summed E-state index contributed by atoms with van der Waals surface area (Å²) in [6.07, 6.45) is -6.08. The number of tetrazole rings is 2. The van der Waals surface area contributed by atoms with Gasteiger partial charge in [-0.25, -0.2) is 0 Å². The molecule has 0 atom stereocenters. The topological polar surface area (TPSA) is 269 Å². The van der Waals surface area contributed by atoms with Gasteiger partial charge in [0.2, 0.25) is 17.6 Å². The number of alkyl halides is 6. The van der Waals surface area contributed by atoms with E-state index in [1.54, 1.807) is 50.5 Å². The minimum absolute atomic E-state index is 0.0563. The minimum Gasteiger partial charge on any atom is -0.481 e. The van der Waals surface area contributed by atoms with Crippen LogP contribution in [0.2, 0.25) is 0 Å². The van der Waals surface area contributed by atoms with Crippen LogP contribution in [0, 0.1) is 0 Å². The van der Waals surface area contributed by atoms with Crippen LogP contribution in [0.15, 0.2) is 84.9 Å². The van der Waals surface area contributed by atoms with Gasteiger partial charge in [-0.2, -0.15) is 35.9 Å². The highest BCUT2D eigenvalue weighted by molar-refractivity contribution is 5.98. The van der Waals surface area contributed by atoms with Gasteiger partial charge in [0.15, 0.2) is 11.6 Å². The molecule has 6 aromatic rings. The van der Waals surface area contributed by atoms with Crippen molar-refractivity contribution in [3.05, 3.63) is 129 Å². The minimum atomic E-state index is -4.40. The number of aromatic nitrogens is 8. The van der Waals surface area contributed by atoms with Crippen LogP contribution in [-0.4, -0.2) is 162 Å². The van der Waals surface area contributed by atoms with Gasteiger partial charge >= 0.3 is 18.3 Å². The van der Waals surface area contributed by atoms with Crippen LogP contribution in [0.3, 0.4) is 0 Å². The van der Waals surface area contributed by atoms with E-state index in [0.29, 0.717) is 163 Å². The Labute approximate surface area is 476 Å². The lowest BCUT2D eigenvalue weighted by molar-refractivity contribution is -0.138. The van der Waals surface area contributed by atoms with Gasteiger partial charge in [-0.3, -0.25) is 19.2 Å². The number of benzene rings is 4. The number of rotatable bonds is 33. The number of ketones is 2. The summed E-state index contributed by atoms with van der Waals surface area (Å²) in [5.74, 6) is -0.390. The number of amides is 1. The molecule has 0 radical (unpaired) electrons. The maximum atomic E-state index is 12.9. The van der Waals surface area contributed by atoms with Crippen molar-refractivity contribution in [2.45, 2.75) is 63.7 Å². The zero-order chi connectivity index (χ0) is 60.6. The van der Waals surface area contributed by atoms with Crippen LogP contribution in [-0.2, 0) is 77.3 Å². The molecule has 4 N–H and O–H groups in total. The second-order valence-electron chi connectivity index (χ2n) is 18.2. The third-order valence-corrected chi connectivity index (χ3v) is 11.7. The van der Waals surface area contributed by atoms with Crippen molar-refractivity contribution in [2.75, 3.05) is 93.4 Å². The van der Waals surface area contributed by atoms with E-state index in [1.807, 2.05) is 0 Å². The van der Waals surface area contributed by atoms with Crippen LogP contribution < -0.4 is 11.1 Å². The number of nitrogens with zero attached hydrogens (tertiary/aromatic N) is 8. The first-order chi connectivity index (χ1) is 39.7. The lowest BCUT2D eigenvalue weighted by Crippen LogP contribution is -2.28. The van der Waals surface area contributed by atoms with Gasteiger partial charge in [0, 0.05) is 82.0 Å². The lowest BCUT2D eigenvalue weighted by Gasteiger charge is -2.11. The normalized spacial score (nSPS) is 11.4. The molecule has 0 saturated carbocycles. The number of carbonyl (C=O) groups is 4. The molecule has 83 heavy (non-hydrogen) atoms. The highest BCUT2D eigenvalue weighted by Crippen LogP contribution is 2.32. The van der Waals surface area contributed by atoms with Crippen molar-refractivity contribution in [3.63, 3.8) is 0 Å². The van der Waals surface area contributed by atoms with Gasteiger partial charge in [-0.05, 0) is 94.8 Å². The standard InChI is InChI=1S/C28H34F3N5O5.C24H28F3N5O3.C4H8O3/c1-36-34-27(33-35-36)24-19-22(8-7-21(24)18-20-5-9-23(10-6-20)28(29,30)31)25(37)4-3-13-40-16-17-41-15-12-32-26(38)11-14-39-2;1-32-30-23(29-31-32)21-16-19(22(33)3-2-11-34-13-14-35-12-10-28)7-6-18(21)15-17-4-8-20(9-5-17)24(25,26)27;1-7-3-2-4(5)6/h5-10,19H,3-4,11-18H2,1-2H3,(H,32,38);4-9,16H,2-3,10-15,28H2,1H3;2-3H2,1H3,(H,5,6). The number of aliphatic carboxylic acids is 1. The molecule has 1 amide bonds. The number of carboxylic acids is 1. The molecule has 0 aliphatic carbocycles. The number of carboxylic acid groups (broad SMARTS) is 1. The number of Topliss-reactive ketones (excluding diaryl/α,β-unsaturated/α-hetero) is 2. The van der Waals surface area contributed by atoms with E-state index in [-0.39, 0.29) is 30.3 Å². The molecular formula is C56H70F6N10O11. The Morgan fingerprint density at radius 2 is 0.952 bits per heavy atom. The number of carbonyl (C=O) groups excluding carboxylic acids is 3. The number of ether oxygens (including phenoxy) is 6. The lowest BCUT2D eigenvalue weighted by atomic mass is 9.95. The van der Waals surface area contributed by atoms with Crippen LogP contribution >= 0.6 is 0 Å². The predicted molar refractivity (Wildman–Crippen MR) is 290 cm³/mol. The van der Waals surface area contributed by atoms with E-state index in [2.05, 4.69) is 40.9 Å². The molecule has 452 valence electrons. The predicted octanol–water partition coefficient (Wildman–Crippen LogP) is 7.18. The van der Waals surface area contributed by atoms with Gasteiger partial charge < -0.3 is 44.6 Å². The van der Waals surface area contributed by atoms with Crippen molar-refractivity contribution < 1.29 is 79.0 Å². The van der Waals surface area contributed by atoms with Gasteiger partial charge in [-0.15, -0.1) is 20.4 Å². The van der Waals surface area contributed by atoms with E-state index >= 15 is 0 Å². The second kappa shape index (κ2) is 36.2. The Morgan fingerprint density at radius 1 is 0.542 bits per heavy atom. The number of methoxy groups -OCH3 is 2.